The van der Waals surface area contributed by atoms with Crippen molar-refractivity contribution in [1.29, 1.82) is 0 Å². The second-order valence-electron chi connectivity index (χ2n) is 4.85. The first-order chi connectivity index (χ1) is 10.4. The number of aromatic nitrogens is 1. The van der Waals surface area contributed by atoms with E-state index in [2.05, 4.69) is 4.98 Å². The summed E-state index contributed by atoms with van der Waals surface area (Å²) in [6.45, 7) is 3.29. The van der Waals surface area contributed by atoms with Crippen molar-refractivity contribution >= 4 is 11.9 Å². The van der Waals surface area contributed by atoms with Crippen LogP contribution in [0.5, 0.6) is 5.75 Å². The lowest BCUT2D eigenvalue weighted by Crippen LogP contribution is -2.08. The summed E-state index contributed by atoms with van der Waals surface area (Å²) in [6.07, 6.45) is 0. The smallest absolute Gasteiger partial charge is 0.355 e. The summed E-state index contributed by atoms with van der Waals surface area (Å²) in [6, 6.07) is 7.13. The van der Waals surface area contributed by atoms with E-state index in [1.807, 2.05) is 0 Å². The Labute approximate surface area is 127 Å². The SMILES string of the molecule is COc1ccc(COC(=O)c2[nH]c(C)c(C(=O)O)c2C)cc1. The number of ether oxygens (including phenoxy) is 2. The van der Waals surface area contributed by atoms with Crippen LogP contribution in [0, 0.1) is 13.8 Å². The fourth-order valence-corrected chi connectivity index (χ4v) is 2.22. The molecule has 0 amide bonds. The van der Waals surface area contributed by atoms with E-state index < -0.39 is 11.9 Å². The van der Waals surface area contributed by atoms with E-state index in [0.717, 1.165) is 11.3 Å². The highest BCUT2D eigenvalue weighted by Gasteiger charge is 2.22. The summed E-state index contributed by atoms with van der Waals surface area (Å²) in [7, 11) is 1.57. The third kappa shape index (κ3) is 3.11. The van der Waals surface area contributed by atoms with Crippen LogP contribution in [0.2, 0.25) is 0 Å². The van der Waals surface area contributed by atoms with Crippen LogP contribution >= 0.6 is 0 Å². The predicted octanol–water partition coefficient (Wildman–Crippen LogP) is 2.70. The number of hydrogen-bond acceptors (Lipinski definition) is 4. The van der Waals surface area contributed by atoms with Gasteiger partial charge in [-0.05, 0) is 37.1 Å². The van der Waals surface area contributed by atoms with Crippen molar-refractivity contribution < 1.29 is 24.2 Å². The van der Waals surface area contributed by atoms with Crippen molar-refractivity contribution in [3.05, 3.63) is 52.3 Å². The lowest BCUT2D eigenvalue weighted by atomic mass is 10.1. The van der Waals surface area contributed by atoms with Gasteiger partial charge in [-0.25, -0.2) is 9.59 Å². The number of carboxylic acid groups (broad SMARTS) is 1. The van der Waals surface area contributed by atoms with Gasteiger partial charge in [0.25, 0.3) is 0 Å². The lowest BCUT2D eigenvalue weighted by Gasteiger charge is -2.06. The Morgan fingerprint density at radius 3 is 2.32 bits per heavy atom. The van der Waals surface area contributed by atoms with Crippen LogP contribution in [0.4, 0.5) is 0 Å². The van der Waals surface area contributed by atoms with Gasteiger partial charge in [-0.1, -0.05) is 12.1 Å². The van der Waals surface area contributed by atoms with Crippen LogP contribution in [0.25, 0.3) is 0 Å². The number of carbonyl (C=O) groups is 2. The van der Waals surface area contributed by atoms with Gasteiger partial charge in [0.15, 0.2) is 0 Å². The number of methoxy groups -OCH3 is 1. The first-order valence-electron chi connectivity index (χ1n) is 6.66. The summed E-state index contributed by atoms with van der Waals surface area (Å²) in [5.41, 5.74) is 1.90. The molecule has 0 fully saturated rings. The number of nitrogens with one attached hydrogen (secondary N) is 1. The van der Waals surface area contributed by atoms with Gasteiger partial charge in [0, 0.05) is 5.69 Å². The van der Waals surface area contributed by atoms with Gasteiger partial charge in [0.2, 0.25) is 0 Å². The van der Waals surface area contributed by atoms with E-state index in [0.29, 0.717) is 11.3 Å². The van der Waals surface area contributed by atoms with E-state index in [9.17, 15) is 9.59 Å². The summed E-state index contributed by atoms with van der Waals surface area (Å²) < 4.78 is 10.3. The second-order valence-corrected chi connectivity index (χ2v) is 4.85. The van der Waals surface area contributed by atoms with Crippen molar-refractivity contribution in [2.75, 3.05) is 7.11 Å². The molecule has 0 unspecified atom stereocenters. The van der Waals surface area contributed by atoms with Crippen molar-refractivity contribution in [1.82, 2.24) is 4.98 Å². The molecule has 0 aliphatic heterocycles. The minimum atomic E-state index is -1.07. The predicted molar refractivity (Wildman–Crippen MR) is 79.3 cm³/mol. The van der Waals surface area contributed by atoms with Gasteiger partial charge in [-0.2, -0.15) is 0 Å². The topological polar surface area (TPSA) is 88.6 Å². The molecule has 2 rings (SSSR count). The normalized spacial score (nSPS) is 10.3. The molecule has 22 heavy (non-hydrogen) atoms. The fraction of sp³-hybridized carbons (Fsp3) is 0.250. The van der Waals surface area contributed by atoms with Gasteiger partial charge < -0.3 is 19.6 Å². The number of rotatable bonds is 5. The monoisotopic (exact) mass is 303 g/mol. The zero-order valence-corrected chi connectivity index (χ0v) is 12.6. The zero-order chi connectivity index (χ0) is 16.3. The number of aromatic carboxylic acids is 1. The summed E-state index contributed by atoms with van der Waals surface area (Å²) in [5.74, 6) is -0.929. The zero-order valence-electron chi connectivity index (χ0n) is 12.6. The molecule has 1 aromatic carbocycles. The standard InChI is InChI=1S/C16H17NO5/c1-9-13(15(18)19)10(2)17-14(9)16(20)22-8-11-4-6-12(21-3)7-5-11/h4-7,17H,8H2,1-3H3,(H,18,19). The largest absolute Gasteiger partial charge is 0.497 e. The highest BCUT2D eigenvalue weighted by molar-refractivity contribution is 5.97. The number of carboxylic acids is 1. The first-order valence-corrected chi connectivity index (χ1v) is 6.66. The molecule has 0 saturated carbocycles. The summed E-state index contributed by atoms with van der Waals surface area (Å²) in [4.78, 5) is 26.0. The van der Waals surface area contributed by atoms with Crippen molar-refractivity contribution in [3.63, 3.8) is 0 Å². The average Bonchev–Trinajstić information content (AvgIpc) is 2.80. The highest BCUT2D eigenvalue weighted by Crippen LogP contribution is 2.19. The molecule has 2 aromatic rings. The number of aryl methyl sites for hydroxylation is 1. The van der Waals surface area contributed by atoms with Crippen LogP contribution in [-0.4, -0.2) is 29.1 Å². The number of esters is 1. The van der Waals surface area contributed by atoms with Gasteiger partial charge in [-0.15, -0.1) is 0 Å². The van der Waals surface area contributed by atoms with E-state index in [4.69, 9.17) is 14.6 Å². The first kappa shape index (κ1) is 15.6. The van der Waals surface area contributed by atoms with E-state index in [1.54, 1.807) is 45.2 Å². The molecular formula is C16H17NO5. The number of hydrogen-bond donors (Lipinski definition) is 2. The van der Waals surface area contributed by atoms with Crippen LogP contribution in [0.1, 0.15) is 37.7 Å². The summed E-state index contributed by atoms with van der Waals surface area (Å²) >= 11 is 0. The molecule has 0 saturated heterocycles. The maximum absolute atomic E-state index is 12.1. The molecule has 2 N–H and O–H groups in total. The Morgan fingerprint density at radius 2 is 1.82 bits per heavy atom. The number of benzene rings is 1. The maximum Gasteiger partial charge on any atom is 0.355 e. The Balaban J connectivity index is 2.09. The molecule has 6 heteroatoms. The van der Waals surface area contributed by atoms with Crippen molar-refractivity contribution in [2.45, 2.75) is 20.5 Å². The van der Waals surface area contributed by atoms with Crippen LogP contribution in [0.3, 0.4) is 0 Å². The highest BCUT2D eigenvalue weighted by atomic mass is 16.5. The van der Waals surface area contributed by atoms with Gasteiger partial charge >= 0.3 is 11.9 Å². The second kappa shape index (κ2) is 6.34. The Bertz CT molecular complexity index is 700. The molecule has 116 valence electrons. The van der Waals surface area contributed by atoms with Crippen LogP contribution in [0.15, 0.2) is 24.3 Å². The molecule has 0 spiro atoms. The Hall–Kier alpha value is -2.76. The molecule has 0 aliphatic carbocycles. The van der Waals surface area contributed by atoms with Gasteiger partial charge in [-0.3, -0.25) is 0 Å². The average molecular weight is 303 g/mol. The Kier molecular flexibility index (Phi) is 4.50. The van der Waals surface area contributed by atoms with E-state index in [-0.39, 0.29) is 17.9 Å². The number of aromatic amines is 1. The number of H-pyrrole nitrogens is 1. The van der Waals surface area contributed by atoms with E-state index in [1.165, 1.54) is 0 Å². The third-order valence-electron chi connectivity index (χ3n) is 3.38. The fourth-order valence-electron chi connectivity index (χ4n) is 2.22. The van der Waals surface area contributed by atoms with E-state index >= 15 is 0 Å². The van der Waals surface area contributed by atoms with Crippen molar-refractivity contribution in [3.8, 4) is 5.75 Å². The molecule has 1 heterocycles. The minimum Gasteiger partial charge on any atom is -0.497 e. The molecular weight excluding hydrogens is 286 g/mol. The molecule has 1 aromatic heterocycles. The molecule has 0 atom stereocenters. The maximum atomic E-state index is 12.1. The van der Waals surface area contributed by atoms with Crippen LogP contribution < -0.4 is 4.74 Å². The molecule has 0 radical (unpaired) electrons. The van der Waals surface area contributed by atoms with Gasteiger partial charge in [0.05, 0.1) is 12.7 Å². The Morgan fingerprint density at radius 1 is 1.18 bits per heavy atom. The van der Waals surface area contributed by atoms with Gasteiger partial charge in [0.1, 0.15) is 18.1 Å². The molecule has 6 nitrogen and oxygen atoms in total. The molecule has 0 aliphatic rings. The quantitative estimate of drug-likeness (QED) is 0.829. The van der Waals surface area contributed by atoms with Crippen LogP contribution in [-0.2, 0) is 11.3 Å². The molecule has 0 bridgehead atoms. The third-order valence-corrected chi connectivity index (χ3v) is 3.38. The summed E-state index contributed by atoms with van der Waals surface area (Å²) in [5, 5.41) is 9.11. The number of carbonyl (C=O) groups excluding carboxylic acids is 1. The lowest BCUT2D eigenvalue weighted by molar-refractivity contribution is 0.0465. The van der Waals surface area contributed by atoms with Crippen molar-refractivity contribution in [2.24, 2.45) is 0 Å². The minimum absolute atomic E-state index is 0.0999.